The summed E-state index contributed by atoms with van der Waals surface area (Å²) < 4.78 is 25.2. The Morgan fingerprint density at radius 3 is 3.00 bits per heavy atom. The van der Waals surface area contributed by atoms with Gasteiger partial charge in [0.1, 0.15) is 5.82 Å². The Morgan fingerprint density at radius 1 is 1.43 bits per heavy atom. The van der Waals surface area contributed by atoms with E-state index < -0.39 is 6.09 Å². The number of methoxy groups -OCH3 is 1. The normalized spacial score (nSPS) is 15.0. The fourth-order valence-electron chi connectivity index (χ4n) is 3.34. The van der Waals surface area contributed by atoms with E-state index in [1.807, 2.05) is 6.92 Å². The lowest BCUT2D eigenvalue weighted by Crippen LogP contribution is -2.48. The van der Waals surface area contributed by atoms with E-state index in [1.165, 1.54) is 23.9 Å². The quantitative estimate of drug-likeness (QED) is 0.688. The van der Waals surface area contributed by atoms with Gasteiger partial charge in [-0.2, -0.15) is 14.8 Å². The van der Waals surface area contributed by atoms with E-state index in [2.05, 4.69) is 30.2 Å². The van der Waals surface area contributed by atoms with Crippen LogP contribution in [-0.2, 0) is 11.2 Å². The van der Waals surface area contributed by atoms with Gasteiger partial charge in [0.2, 0.25) is 5.89 Å². The first kappa shape index (κ1) is 18.4. The average molecular weight is 388 g/mol. The van der Waals surface area contributed by atoms with E-state index in [-0.39, 0.29) is 11.7 Å². The van der Waals surface area contributed by atoms with Gasteiger partial charge in [-0.25, -0.2) is 9.18 Å². The minimum absolute atomic E-state index is 0.128. The zero-order chi connectivity index (χ0) is 19.7. The summed E-state index contributed by atoms with van der Waals surface area (Å²) in [6.07, 6.45) is 0.282. The molecule has 0 radical (unpaired) electrons. The predicted octanol–water partition coefficient (Wildman–Crippen LogP) is 1.87. The third-order valence-corrected chi connectivity index (χ3v) is 4.86. The number of fused-ring (bicyclic) bond motifs is 1. The number of nitrogens with zero attached hydrogens (tertiary/aromatic N) is 5. The van der Waals surface area contributed by atoms with E-state index in [9.17, 15) is 9.18 Å². The summed E-state index contributed by atoms with van der Waals surface area (Å²) in [6, 6.07) is 4.57. The van der Waals surface area contributed by atoms with Crippen LogP contribution in [0.25, 0.3) is 16.9 Å². The molecule has 1 amide bonds. The molecule has 0 spiro atoms. The largest absolute Gasteiger partial charge is 0.453 e. The van der Waals surface area contributed by atoms with Gasteiger partial charge in [0.05, 0.1) is 24.2 Å². The number of rotatable bonds is 6. The summed E-state index contributed by atoms with van der Waals surface area (Å²) in [5.41, 5.74) is 1.47. The zero-order valence-electron chi connectivity index (χ0n) is 15.7. The summed E-state index contributed by atoms with van der Waals surface area (Å²) in [7, 11) is 1.34. The topological polar surface area (TPSA) is 98.3 Å². The fraction of sp³-hybridized carbons (Fsp3) is 0.444. The van der Waals surface area contributed by atoms with Gasteiger partial charge in [0.25, 0.3) is 5.95 Å². The van der Waals surface area contributed by atoms with Crippen LogP contribution in [0.15, 0.2) is 22.7 Å². The standard InChI is InChI=1S/C18H21FN6O3/c1-3-14-13-5-4-12(19)8-15(13)25(22-14)17-21-16(28-23-17)11-9-24(10-11)7-6-20-18(26)27-2/h4-5,8,11H,3,6-7,9-10H2,1-2H3,(H,20,26). The second-order valence-corrected chi connectivity index (χ2v) is 6.68. The zero-order valence-corrected chi connectivity index (χ0v) is 15.7. The Hall–Kier alpha value is -3.01. The predicted molar refractivity (Wildman–Crippen MR) is 97.9 cm³/mol. The molecule has 1 saturated heterocycles. The highest BCUT2D eigenvalue weighted by molar-refractivity contribution is 5.83. The van der Waals surface area contributed by atoms with Crippen molar-refractivity contribution < 1.29 is 18.4 Å². The number of ether oxygens (including phenoxy) is 1. The molecule has 1 aliphatic rings. The lowest BCUT2D eigenvalue weighted by atomic mass is 10.0. The van der Waals surface area contributed by atoms with E-state index >= 15 is 0 Å². The van der Waals surface area contributed by atoms with Crippen LogP contribution in [-0.4, -0.2) is 64.2 Å². The number of nitrogens with one attached hydrogen (secondary N) is 1. The van der Waals surface area contributed by atoms with Gasteiger partial charge in [-0.1, -0.05) is 6.92 Å². The molecule has 1 aromatic carbocycles. The van der Waals surface area contributed by atoms with Crippen molar-refractivity contribution in [3.8, 4) is 5.95 Å². The molecular formula is C18H21FN6O3. The number of carbonyl (C=O) groups is 1. The van der Waals surface area contributed by atoms with Gasteiger partial charge < -0.3 is 14.6 Å². The summed E-state index contributed by atoms with van der Waals surface area (Å²) >= 11 is 0. The van der Waals surface area contributed by atoms with Crippen molar-refractivity contribution in [2.24, 2.45) is 0 Å². The van der Waals surface area contributed by atoms with Gasteiger partial charge in [0, 0.05) is 37.6 Å². The minimum Gasteiger partial charge on any atom is -0.453 e. The maximum absolute atomic E-state index is 13.7. The van der Waals surface area contributed by atoms with Crippen LogP contribution in [0, 0.1) is 5.82 Å². The van der Waals surface area contributed by atoms with Crippen LogP contribution in [0.1, 0.15) is 24.4 Å². The smallest absolute Gasteiger partial charge is 0.406 e. The molecule has 148 valence electrons. The molecule has 1 aliphatic heterocycles. The summed E-state index contributed by atoms with van der Waals surface area (Å²) in [5.74, 6) is 0.625. The molecule has 1 N–H and O–H groups in total. The number of amides is 1. The molecule has 1 fully saturated rings. The lowest BCUT2D eigenvalue weighted by Gasteiger charge is -2.36. The molecule has 9 nitrogen and oxygen atoms in total. The van der Waals surface area contributed by atoms with Crippen molar-refractivity contribution in [3.05, 3.63) is 35.6 Å². The summed E-state index contributed by atoms with van der Waals surface area (Å²) in [6.45, 7) is 4.75. The Kier molecular flexibility index (Phi) is 4.95. The lowest BCUT2D eigenvalue weighted by molar-refractivity contribution is 0.123. The van der Waals surface area contributed by atoms with Crippen molar-refractivity contribution in [1.82, 2.24) is 30.1 Å². The number of carbonyl (C=O) groups excluding carboxylic acids is 1. The highest BCUT2D eigenvalue weighted by Gasteiger charge is 2.32. The highest BCUT2D eigenvalue weighted by atomic mass is 19.1. The Morgan fingerprint density at radius 2 is 2.25 bits per heavy atom. The third-order valence-electron chi connectivity index (χ3n) is 4.86. The van der Waals surface area contributed by atoms with Crippen LogP contribution >= 0.6 is 0 Å². The molecule has 2 aromatic heterocycles. The second kappa shape index (κ2) is 7.55. The monoisotopic (exact) mass is 388 g/mol. The number of hydrogen-bond acceptors (Lipinski definition) is 7. The molecule has 0 aliphatic carbocycles. The van der Waals surface area contributed by atoms with Gasteiger partial charge in [0.15, 0.2) is 0 Å². The van der Waals surface area contributed by atoms with Crippen molar-refractivity contribution in [3.63, 3.8) is 0 Å². The maximum atomic E-state index is 13.7. The number of aryl methyl sites for hydroxylation is 1. The van der Waals surface area contributed by atoms with Gasteiger partial charge in [-0.05, 0) is 23.7 Å². The van der Waals surface area contributed by atoms with Crippen LogP contribution in [0.3, 0.4) is 0 Å². The van der Waals surface area contributed by atoms with E-state index in [0.29, 0.717) is 23.9 Å². The van der Waals surface area contributed by atoms with Crippen LogP contribution in [0.2, 0.25) is 0 Å². The number of halogens is 1. The first-order valence-electron chi connectivity index (χ1n) is 9.14. The molecule has 4 rings (SSSR count). The number of aromatic nitrogens is 4. The molecule has 0 saturated carbocycles. The molecule has 3 aromatic rings. The molecule has 10 heteroatoms. The Balaban J connectivity index is 1.44. The summed E-state index contributed by atoms with van der Waals surface area (Å²) in [5, 5.41) is 12.1. The van der Waals surface area contributed by atoms with Crippen LogP contribution in [0.4, 0.5) is 9.18 Å². The number of likely N-dealkylation sites (tertiary alicyclic amines) is 1. The maximum Gasteiger partial charge on any atom is 0.406 e. The van der Waals surface area contributed by atoms with Crippen molar-refractivity contribution in [1.29, 1.82) is 0 Å². The number of benzene rings is 1. The third kappa shape index (κ3) is 3.42. The second-order valence-electron chi connectivity index (χ2n) is 6.68. The SMILES string of the molecule is CCc1nn(-c2noc(C3CN(CCNC(=O)OC)C3)n2)c2cc(F)ccc12. The Bertz CT molecular complexity index is 995. The molecule has 0 atom stereocenters. The molecular weight excluding hydrogens is 367 g/mol. The van der Waals surface area contributed by atoms with Gasteiger partial charge in [-0.3, -0.25) is 4.90 Å². The highest BCUT2D eigenvalue weighted by Crippen LogP contribution is 2.27. The number of alkyl carbamates (subject to hydrolysis) is 1. The van der Waals surface area contributed by atoms with Crippen molar-refractivity contribution >= 4 is 17.0 Å². The van der Waals surface area contributed by atoms with E-state index in [1.54, 1.807) is 6.07 Å². The van der Waals surface area contributed by atoms with Crippen LogP contribution in [0.5, 0.6) is 0 Å². The molecule has 28 heavy (non-hydrogen) atoms. The first-order valence-corrected chi connectivity index (χ1v) is 9.14. The van der Waals surface area contributed by atoms with Crippen molar-refractivity contribution in [2.75, 3.05) is 33.3 Å². The minimum atomic E-state index is -0.437. The molecule has 3 heterocycles. The molecule has 0 bridgehead atoms. The van der Waals surface area contributed by atoms with Crippen molar-refractivity contribution in [2.45, 2.75) is 19.3 Å². The summed E-state index contributed by atoms with van der Waals surface area (Å²) in [4.78, 5) is 17.7. The van der Waals surface area contributed by atoms with E-state index in [0.717, 1.165) is 37.1 Å². The van der Waals surface area contributed by atoms with Gasteiger partial charge >= 0.3 is 6.09 Å². The number of hydrogen-bond donors (Lipinski definition) is 1. The van der Waals surface area contributed by atoms with Crippen LogP contribution < -0.4 is 5.32 Å². The first-order chi connectivity index (χ1) is 13.6. The fourth-order valence-corrected chi connectivity index (χ4v) is 3.34. The molecule has 0 unspecified atom stereocenters. The average Bonchev–Trinajstić information content (AvgIpc) is 3.27. The van der Waals surface area contributed by atoms with E-state index in [4.69, 9.17) is 4.52 Å². The van der Waals surface area contributed by atoms with Gasteiger partial charge in [-0.15, -0.1) is 0 Å². The Labute approximate surface area is 160 Å².